The van der Waals surface area contributed by atoms with Gasteiger partial charge < -0.3 is 14.8 Å². The average molecular weight is 353 g/mol. The van der Waals surface area contributed by atoms with Crippen molar-refractivity contribution in [2.75, 3.05) is 11.6 Å². The number of hydrogen-bond donors (Lipinski definition) is 1. The molecule has 1 aromatic carbocycles. The second-order valence-electron chi connectivity index (χ2n) is 6.03. The Morgan fingerprint density at radius 1 is 1.08 bits per heavy atom. The predicted octanol–water partition coefficient (Wildman–Crippen LogP) is 1.84. The van der Waals surface area contributed by atoms with Crippen molar-refractivity contribution in [3.8, 4) is 0 Å². The smallest absolute Gasteiger partial charge is 0.350 e. The lowest BCUT2D eigenvalue weighted by Crippen LogP contribution is -2.42. The van der Waals surface area contributed by atoms with E-state index in [9.17, 15) is 18.0 Å². The van der Waals surface area contributed by atoms with E-state index >= 15 is 0 Å². The highest BCUT2D eigenvalue weighted by atomic mass is 32.2. The van der Waals surface area contributed by atoms with Crippen molar-refractivity contribution in [2.24, 2.45) is 0 Å². The molecule has 1 aliphatic rings. The van der Waals surface area contributed by atoms with E-state index in [2.05, 4.69) is 5.32 Å². The molecule has 0 amide bonds. The Morgan fingerprint density at radius 2 is 1.62 bits per heavy atom. The maximum atomic E-state index is 11.9. The Hall–Kier alpha value is -2.35. The van der Waals surface area contributed by atoms with Crippen molar-refractivity contribution < 1.29 is 27.5 Å². The first-order valence-electron chi connectivity index (χ1n) is 7.16. The highest BCUT2D eigenvalue weighted by molar-refractivity contribution is 7.90. The fourth-order valence-corrected chi connectivity index (χ4v) is 3.35. The first-order chi connectivity index (χ1) is 10.9. The van der Waals surface area contributed by atoms with Crippen LogP contribution in [0.5, 0.6) is 0 Å². The molecule has 24 heavy (non-hydrogen) atoms. The summed E-state index contributed by atoms with van der Waals surface area (Å²) in [4.78, 5) is 24.0. The lowest BCUT2D eigenvalue weighted by Gasteiger charge is -2.29. The predicted molar refractivity (Wildman–Crippen MR) is 87.0 cm³/mol. The number of hydrogen-bond acceptors (Lipinski definition) is 7. The molecular weight excluding hydrogens is 334 g/mol. The van der Waals surface area contributed by atoms with Gasteiger partial charge in [0, 0.05) is 32.0 Å². The number of carbonyl (C=O) groups is 2. The van der Waals surface area contributed by atoms with Crippen LogP contribution >= 0.6 is 0 Å². The van der Waals surface area contributed by atoms with Crippen LogP contribution in [-0.4, -0.2) is 32.4 Å². The Bertz CT molecular complexity index is 830. The minimum atomic E-state index is -3.40. The number of ether oxygens (including phenoxy) is 2. The van der Waals surface area contributed by atoms with E-state index in [1.165, 1.54) is 26.1 Å². The maximum Gasteiger partial charge on any atom is 0.350 e. The number of benzene rings is 1. The summed E-state index contributed by atoms with van der Waals surface area (Å²) in [6.07, 6.45) is 2.28. The van der Waals surface area contributed by atoms with Crippen molar-refractivity contribution in [2.45, 2.75) is 38.4 Å². The van der Waals surface area contributed by atoms with E-state index in [0.29, 0.717) is 11.3 Å². The third-order valence-corrected chi connectivity index (χ3v) is 4.74. The molecule has 130 valence electrons. The molecule has 1 saturated heterocycles. The highest BCUT2D eigenvalue weighted by Crippen LogP contribution is 2.28. The van der Waals surface area contributed by atoms with Crippen LogP contribution in [0.15, 0.2) is 28.8 Å². The summed E-state index contributed by atoms with van der Waals surface area (Å²) in [5, 5.41) is 2.82. The van der Waals surface area contributed by atoms with Gasteiger partial charge in [0.25, 0.3) is 5.79 Å². The minimum Gasteiger partial charge on any atom is -0.419 e. The van der Waals surface area contributed by atoms with E-state index in [1.807, 2.05) is 0 Å². The molecule has 0 aliphatic carbocycles. The third-order valence-electron chi connectivity index (χ3n) is 3.50. The zero-order valence-electron chi connectivity index (χ0n) is 14.1. The van der Waals surface area contributed by atoms with Crippen molar-refractivity contribution in [1.29, 1.82) is 0 Å². The minimum absolute atomic E-state index is 0.170. The van der Waals surface area contributed by atoms with Gasteiger partial charge in [0.1, 0.15) is 0 Å². The monoisotopic (exact) mass is 353 g/mol. The molecule has 0 bridgehead atoms. The van der Waals surface area contributed by atoms with E-state index < -0.39 is 27.6 Å². The van der Waals surface area contributed by atoms with E-state index in [0.717, 1.165) is 11.8 Å². The Labute approximate surface area is 140 Å². The van der Waals surface area contributed by atoms with Crippen LogP contribution in [0.2, 0.25) is 0 Å². The molecule has 0 unspecified atom stereocenters. The number of cyclic esters (lactones) is 2. The van der Waals surface area contributed by atoms with Crippen LogP contribution in [0.4, 0.5) is 5.69 Å². The summed E-state index contributed by atoms with van der Waals surface area (Å²) in [6, 6.07) is 3.16. The van der Waals surface area contributed by atoms with E-state index in [-0.39, 0.29) is 10.5 Å². The van der Waals surface area contributed by atoms with Gasteiger partial charge in [-0.25, -0.2) is 18.0 Å². The van der Waals surface area contributed by atoms with Gasteiger partial charge in [-0.3, -0.25) is 0 Å². The lowest BCUT2D eigenvalue weighted by atomic mass is 10.1. The van der Waals surface area contributed by atoms with E-state index in [1.54, 1.807) is 19.9 Å². The molecule has 8 heteroatoms. The van der Waals surface area contributed by atoms with Gasteiger partial charge in [0.05, 0.1) is 4.90 Å². The zero-order chi connectivity index (χ0) is 18.3. The van der Waals surface area contributed by atoms with Crippen molar-refractivity contribution in [1.82, 2.24) is 0 Å². The van der Waals surface area contributed by atoms with Gasteiger partial charge in [-0.15, -0.1) is 0 Å². The zero-order valence-corrected chi connectivity index (χ0v) is 14.9. The van der Waals surface area contributed by atoms with Gasteiger partial charge >= 0.3 is 11.9 Å². The summed E-state index contributed by atoms with van der Waals surface area (Å²) in [5.41, 5.74) is 1.45. The lowest BCUT2D eigenvalue weighted by molar-refractivity contribution is -0.222. The molecule has 1 aliphatic heterocycles. The second-order valence-corrected chi connectivity index (χ2v) is 8.02. The molecule has 7 nitrogen and oxygen atoms in total. The molecule has 0 saturated carbocycles. The van der Waals surface area contributed by atoms with Crippen LogP contribution in [0.1, 0.15) is 25.0 Å². The van der Waals surface area contributed by atoms with Crippen LogP contribution in [0.25, 0.3) is 0 Å². The average Bonchev–Trinajstić information content (AvgIpc) is 2.37. The molecule has 0 atom stereocenters. The van der Waals surface area contributed by atoms with Crippen molar-refractivity contribution in [3.05, 3.63) is 35.0 Å². The van der Waals surface area contributed by atoms with Crippen LogP contribution in [0.3, 0.4) is 0 Å². The van der Waals surface area contributed by atoms with Crippen LogP contribution in [-0.2, 0) is 28.9 Å². The number of nitrogens with one attached hydrogen (secondary N) is 1. The third kappa shape index (κ3) is 3.59. The van der Waals surface area contributed by atoms with Crippen LogP contribution < -0.4 is 5.32 Å². The van der Waals surface area contributed by atoms with E-state index in [4.69, 9.17) is 9.47 Å². The topological polar surface area (TPSA) is 98.8 Å². The van der Waals surface area contributed by atoms with Gasteiger partial charge in [0.15, 0.2) is 15.4 Å². The number of sulfone groups is 1. The molecule has 0 aromatic heterocycles. The fourth-order valence-electron chi connectivity index (χ4n) is 2.37. The maximum absolute atomic E-state index is 11.9. The Kier molecular flexibility index (Phi) is 4.45. The quantitative estimate of drug-likeness (QED) is 0.503. The molecule has 2 rings (SSSR count). The largest absolute Gasteiger partial charge is 0.419 e. The van der Waals surface area contributed by atoms with Gasteiger partial charge in [-0.05, 0) is 31.0 Å². The molecule has 1 aromatic rings. The molecule has 1 N–H and O–H groups in total. The summed E-state index contributed by atoms with van der Waals surface area (Å²) in [7, 11) is -3.40. The van der Waals surface area contributed by atoms with Gasteiger partial charge in [0.2, 0.25) is 0 Å². The van der Waals surface area contributed by atoms with Gasteiger partial charge in [-0.2, -0.15) is 0 Å². The first kappa shape index (κ1) is 18.0. The number of aryl methyl sites for hydroxylation is 1. The SMILES string of the molecule is Cc1ccc(S(C)(=O)=O)c(C)c1NC=C1C(=O)OC(C)(C)OC1=O. The van der Waals surface area contributed by atoms with Crippen molar-refractivity contribution in [3.63, 3.8) is 0 Å². The number of carbonyl (C=O) groups excluding carboxylic acids is 2. The normalized spacial score (nSPS) is 17.1. The standard InChI is InChI=1S/C16H19NO6S/c1-9-6-7-12(24(5,20)21)10(2)13(9)17-8-11-14(18)22-16(3,4)23-15(11)19/h6-8,17H,1-5H3. The number of anilines is 1. The summed E-state index contributed by atoms with van der Waals surface area (Å²) >= 11 is 0. The first-order valence-corrected chi connectivity index (χ1v) is 9.05. The Balaban J connectivity index is 2.39. The Morgan fingerprint density at radius 3 is 2.12 bits per heavy atom. The highest BCUT2D eigenvalue weighted by Gasteiger charge is 2.39. The van der Waals surface area contributed by atoms with Gasteiger partial charge in [-0.1, -0.05) is 6.07 Å². The van der Waals surface area contributed by atoms with Crippen LogP contribution in [0, 0.1) is 13.8 Å². The summed E-state index contributed by atoms with van der Waals surface area (Å²) in [6.45, 7) is 6.33. The summed E-state index contributed by atoms with van der Waals surface area (Å²) in [5.74, 6) is -2.93. The molecule has 1 fully saturated rings. The number of rotatable bonds is 3. The molecule has 0 spiro atoms. The molecule has 1 heterocycles. The molecular formula is C16H19NO6S. The fraction of sp³-hybridized carbons (Fsp3) is 0.375. The number of esters is 2. The second kappa shape index (κ2) is 5.94. The summed E-state index contributed by atoms with van der Waals surface area (Å²) < 4.78 is 33.6. The van der Waals surface area contributed by atoms with Crippen molar-refractivity contribution >= 4 is 27.5 Å². The molecule has 0 radical (unpaired) electrons.